The van der Waals surface area contributed by atoms with E-state index in [1.165, 1.54) is 89.2 Å². The van der Waals surface area contributed by atoms with E-state index in [4.69, 9.17) is 10.8 Å². The van der Waals surface area contributed by atoms with Crippen LogP contribution in [-0.4, -0.2) is 73.8 Å². The summed E-state index contributed by atoms with van der Waals surface area (Å²) in [4.78, 5) is 45.7. The van der Waals surface area contributed by atoms with Crippen molar-refractivity contribution in [2.24, 2.45) is 27.1 Å². The van der Waals surface area contributed by atoms with Crippen molar-refractivity contribution in [3.8, 4) is 0 Å². The van der Waals surface area contributed by atoms with Gasteiger partial charge >= 0.3 is 5.97 Å². The number of carboxylic acid groups (broad SMARTS) is 1. The first-order valence-corrected chi connectivity index (χ1v) is 21.2. The number of nitrogens with two attached hydrogens (primary N) is 1. The van der Waals surface area contributed by atoms with Crippen molar-refractivity contribution in [3.05, 3.63) is 0 Å². The molecule has 290 valence electrons. The quantitative estimate of drug-likeness (QED) is 0.0576. The van der Waals surface area contributed by atoms with Crippen molar-refractivity contribution in [2.75, 3.05) is 31.1 Å². The monoisotopic (exact) mass is 727 g/mol. The van der Waals surface area contributed by atoms with Crippen LogP contribution in [0.4, 0.5) is 0 Å². The molecule has 0 aromatic heterocycles. The summed E-state index contributed by atoms with van der Waals surface area (Å²) in [7, 11) is -3.46. The minimum absolute atomic E-state index is 0.0245. The fourth-order valence-corrected chi connectivity index (χ4v) is 7.13. The van der Waals surface area contributed by atoms with E-state index in [0.29, 0.717) is 38.8 Å². The Morgan fingerprint density at radius 3 is 1.94 bits per heavy atom. The lowest BCUT2D eigenvalue weighted by molar-refractivity contribution is -0.137. The predicted octanol–water partition coefficient (Wildman–Crippen LogP) is 7.53. The first-order chi connectivity index (χ1) is 24.0. The summed E-state index contributed by atoms with van der Waals surface area (Å²) in [5.74, 6) is -2.28. The van der Waals surface area contributed by atoms with Crippen LogP contribution in [0.1, 0.15) is 168 Å². The molecule has 1 amide bonds. The molecule has 1 rings (SSSR count). The van der Waals surface area contributed by atoms with Crippen molar-refractivity contribution in [1.82, 2.24) is 5.32 Å². The minimum Gasteiger partial charge on any atom is -0.481 e. The van der Waals surface area contributed by atoms with Gasteiger partial charge in [0.05, 0.1) is 11.5 Å². The number of nitrogens with zero attached hydrogens (tertiary/aromatic N) is 3. The van der Waals surface area contributed by atoms with Crippen LogP contribution >= 0.6 is 0 Å². The number of amides is 1. The third-order valence-electron chi connectivity index (χ3n) is 8.79. The maximum Gasteiger partial charge on any atom is 0.303 e. The van der Waals surface area contributed by atoms with Crippen LogP contribution in [0.25, 0.3) is 0 Å². The number of carbonyl (C=O) groups excluding carboxylic acids is 3. The van der Waals surface area contributed by atoms with Crippen molar-refractivity contribution in [2.45, 2.75) is 168 Å². The van der Waals surface area contributed by atoms with Gasteiger partial charge in [0.1, 0.15) is 23.9 Å². The lowest BCUT2D eigenvalue weighted by Crippen LogP contribution is -2.26. The average Bonchev–Trinajstić information content (AvgIpc) is 3.59. The van der Waals surface area contributed by atoms with Crippen LogP contribution in [0.2, 0.25) is 0 Å². The Bertz CT molecular complexity index is 1100. The minimum atomic E-state index is -3.46. The Morgan fingerprint density at radius 2 is 1.40 bits per heavy atom. The van der Waals surface area contributed by atoms with Crippen LogP contribution in [0.5, 0.6) is 0 Å². The molecule has 1 aliphatic rings. The van der Waals surface area contributed by atoms with Crippen molar-refractivity contribution >= 4 is 39.0 Å². The molecular weight excluding hydrogens is 659 g/mol. The number of sulfone groups is 1. The van der Waals surface area contributed by atoms with E-state index < -0.39 is 21.6 Å². The lowest BCUT2D eigenvalue weighted by Gasteiger charge is -2.15. The fourth-order valence-electron chi connectivity index (χ4n) is 5.71. The maximum absolute atomic E-state index is 12.2. The Kier molecular flexibility index (Phi) is 30.7. The number of unbranched alkanes of at least 4 members (excludes halogenated alkanes) is 13. The van der Waals surface area contributed by atoms with Crippen molar-refractivity contribution < 1.29 is 32.7 Å². The highest BCUT2D eigenvalue weighted by molar-refractivity contribution is 7.92. The third kappa shape index (κ3) is 30.3. The summed E-state index contributed by atoms with van der Waals surface area (Å²) in [5.41, 5.74) is 6.74. The van der Waals surface area contributed by atoms with E-state index in [1.54, 1.807) is 6.92 Å². The summed E-state index contributed by atoms with van der Waals surface area (Å²) in [5, 5.41) is 22.9. The van der Waals surface area contributed by atoms with E-state index in [2.05, 4.69) is 27.7 Å². The highest BCUT2D eigenvalue weighted by Gasteiger charge is 2.18. The molecule has 1 atom stereocenters. The van der Waals surface area contributed by atoms with Gasteiger partial charge < -0.3 is 16.2 Å². The largest absolute Gasteiger partial charge is 0.481 e. The number of hydrogen-bond acceptors (Lipinski definition) is 10. The Morgan fingerprint density at radius 1 is 0.780 bits per heavy atom. The van der Waals surface area contributed by atoms with Gasteiger partial charge in [0.15, 0.2) is 9.84 Å². The molecule has 0 saturated heterocycles. The van der Waals surface area contributed by atoms with Crippen molar-refractivity contribution in [1.29, 1.82) is 0 Å². The van der Waals surface area contributed by atoms with E-state index in [-0.39, 0.29) is 61.2 Å². The molecule has 0 aromatic carbocycles. The second kappa shape index (κ2) is 32.4. The van der Waals surface area contributed by atoms with Crippen LogP contribution < -0.4 is 11.1 Å². The molecule has 1 aliphatic heterocycles. The molecule has 0 fully saturated rings. The number of carboxylic acids is 1. The summed E-state index contributed by atoms with van der Waals surface area (Å²) in [6.45, 7) is 5.46. The first-order valence-electron chi connectivity index (χ1n) is 19.4. The molecule has 13 heteroatoms. The summed E-state index contributed by atoms with van der Waals surface area (Å²) in [6.07, 6.45) is 23.0. The van der Waals surface area contributed by atoms with Crippen LogP contribution in [0.3, 0.4) is 0 Å². The molecule has 0 aromatic rings. The third-order valence-corrected chi connectivity index (χ3v) is 10.5. The van der Waals surface area contributed by atoms with Crippen LogP contribution in [-0.2, 0) is 29.0 Å². The molecule has 0 bridgehead atoms. The van der Waals surface area contributed by atoms with Gasteiger partial charge in [0.25, 0.3) is 0 Å². The van der Waals surface area contributed by atoms with E-state index in [0.717, 1.165) is 19.4 Å². The smallest absolute Gasteiger partial charge is 0.303 e. The molecule has 1 heterocycles. The van der Waals surface area contributed by atoms with Gasteiger partial charge in [-0.05, 0) is 56.7 Å². The molecule has 0 saturated carbocycles. The summed E-state index contributed by atoms with van der Waals surface area (Å²) in [6, 6.07) is 0. The molecule has 4 N–H and O–H groups in total. The summed E-state index contributed by atoms with van der Waals surface area (Å²) < 4.78 is 23.5. The van der Waals surface area contributed by atoms with Gasteiger partial charge in [-0.25, -0.2) is 8.42 Å². The number of ketones is 2. The van der Waals surface area contributed by atoms with Gasteiger partial charge in [-0.1, -0.05) is 97.3 Å². The van der Waals surface area contributed by atoms with Gasteiger partial charge in [0, 0.05) is 38.1 Å². The second-order valence-electron chi connectivity index (χ2n) is 13.5. The van der Waals surface area contributed by atoms with E-state index in [9.17, 15) is 27.6 Å². The highest BCUT2D eigenvalue weighted by atomic mass is 32.2. The standard InChI is InChI=1S/C20H36N2O7S.C17H33N3/c1-2-17(23)15-30(28,29)14-6-9-19(25)22-13-4-3-7-16(11-12-21)18(24)8-5-10-20(26)27;1-2-3-4-5-6-7-8-9-10-11-12-13-14-15-17-16-18-20-19-17/h16H,2-15,21H2,1H3,(H,22,25)(H,26,27);2-16H2,1H3/t16-;/m0./s1. The number of carbonyl (C=O) groups is 4. The summed E-state index contributed by atoms with van der Waals surface area (Å²) >= 11 is 0. The molecule has 12 nitrogen and oxygen atoms in total. The van der Waals surface area contributed by atoms with Gasteiger partial charge in [-0.2, -0.15) is 5.11 Å². The SMILES string of the molecule is CCC(=O)CS(=O)(=O)CCCC(=O)NCCCC[C@@H](CCN)C(=O)CCCC(=O)O.CCCCCCCCCCCCCCCC1=NN=NC1. The maximum atomic E-state index is 12.2. The number of nitrogens with one attached hydrogen (secondary N) is 1. The van der Waals surface area contributed by atoms with Gasteiger partial charge in [0.2, 0.25) is 5.91 Å². The van der Waals surface area contributed by atoms with E-state index in [1.807, 2.05) is 0 Å². The second-order valence-corrected chi connectivity index (χ2v) is 15.7. The zero-order chi connectivity index (χ0) is 37.3. The Balaban J connectivity index is 0.00000104. The molecule has 0 spiro atoms. The topological polar surface area (TPSA) is 198 Å². The Labute approximate surface area is 302 Å². The molecule has 0 aliphatic carbocycles. The number of hydrogen-bond donors (Lipinski definition) is 3. The van der Waals surface area contributed by atoms with Gasteiger partial charge in [-0.3, -0.25) is 19.2 Å². The first kappa shape index (κ1) is 47.5. The van der Waals surface area contributed by atoms with Crippen molar-refractivity contribution in [3.63, 3.8) is 0 Å². The zero-order valence-electron chi connectivity index (χ0n) is 31.3. The van der Waals surface area contributed by atoms with E-state index >= 15 is 0 Å². The lowest BCUT2D eigenvalue weighted by atomic mass is 9.91. The number of aliphatic carboxylic acids is 1. The van der Waals surface area contributed by atoms with Crippen LogP contribution in [0, 0.1) is 5.92 Å². The molecule has 0 radical (unpaired) electrons. The van der Waals surface area contributed by atoms with Gasteiger partial charge in [-0.15, -0.1) is 5.10 Å². The fraction of sp³-hybridized carbons (Fsp3) is 0.865. The molecule has 0 unspecified atom stereocenters. The molecular formula is C37H69N5O7S. The zero-order valence-corrected chi connectivity index (χ0v) is 32.1. The van der Waals surface area contributed by atoms with Crippen LogP contribution in [0.15, 0.2) is 15.4 Å². The normalized spacial score (nSPS) is 13.0. The number of Topliss-reactive ketones (excluding diaryl/α,β-unsaturated/α-hetero) is 2. The Hall–Kier alpha value is -2.54. The average molecular weight is 728 g/mol. The predicted molar refractivity (Wildman–Crippen MR) is 201 cm³/mol. The molecule has 50 heavy (non-hydrogen) atoms. The highest BCUT2D eigenvalue weighted by Crippen LogP contribution is 2.17. The number of rotatable bonds is 33.